The molecule has 0 saturated heterocycles. The molecule has 0 bridgehead atoms. The number of thiophene rings is 1. The summed E-state index contributed by atoms with van der Waals surface area (Å²) >= 11 is 1.49. The summed E-state index contributed by atoms with van der Waals surface area (Å²) in [5.74, 6) is -0.224. The number of rotatable bonds is 7. The molecule has 6 rings (SSSR count). The lowest BCUT2D eigenvalue weighted by Gasteiger charge is -2.12. The van der Waals surface area contributed by atoms with E-state index in [0.717, 1.165) is 46.2 Å². The SMILES string of the molecule is O=C(Nc1ccccc1)c1c(N=Cc2cn(S(=O)(=O)c3cccc([N+](=O)[O-])c3)c3ccccc23)sc2c1CCCC2. The van der Waals surface area contributed by atoms with Gasteiger partial charge < -0.3 is 5.32 Å². The number of nitrogens with zero attached hydrogens (tertiary/aromatic N) is 3. The van der Waals surface area contributed by atoms with Crippen LogP contribution in [0.1, 0.15) is 39.2 Å². The molecule has 1 aliphatic carbocycles. The third-order valence-electron chi connectivity index (χ3n) is 7.03. The van der Waals surface area contributed by atoms with Gasteiger partial charge in [-0.25, -0.2) is 17.4 Å². The highest BCUT2D eigenvalue weighted by atomic mass is 32.2. The van der Waals surface area contributed by atoms with E-state index in [0.29, 0.717) is 32.7 Å². The first-order chi connectivity index (χ1) is 19.8. The van der Waals surface area contributed by atoms with Gasteiger partial charge in [-0.1, -0.05) is 42.5 Å². The Morgan fingerprint density at radius 3 is 2.56 bits per heavy atom. The fourth-order valence-electron chi connectivity index (χ4n) is 5.07. The second-order valence-electron chi connectivity index (χ2n) is 9.63. The Kier molecular flexibility index (Phi) is 6.98. The fourth-order valence-corrected chi connectivity index (χ4v) is 7.72. The van der Waals surface area contributed by atoms with Crippen LogP contribution in [0, 0.1) is 10.1 Å². The Balaban J connectivity index is 1.42. The molecule has 5 aromatic rings. The number of carbonyl (C=O) groups is 1. The highest BCUT2D eigenvalue weighted by molar-refractivity contribution is 7.90. The van der Waals surface area contributed by atoms with E-state index >= 15 is 0 Å². The molecular formula is C30H24N4O5S2. The van der Waals surface area contributed by atoms with E-state index in [4.69, 9.17) is 4.99 Å². The second kappa shape index (κ2) is 10.8. The van der Waals surface area contributed by atoms with Gasteiger partial charge >= 0.3 is 0 Å². The number of nitro benzene ring substituents is 1. The topological polar surface area (TPSA) is 124 Å². The van der Waals surface area contributed by atoms with Gasteiger partial charge in [-0.2, -0.15) is 0 Å². The minimum atomic E-state index is -4.15. The van der Waals surface area contributed by atoms with E-state index in [9.17, 15) is 23.3 Å². The minimum absolute atomic E-state index is 0.193. The first kappa shape index (κ1) is 26.6. The number of non-ortho nitro benzene ring substituents is 1. The van der Waals surface area contributed by atoms with E-state index in [1.54, 1.807) is 30.5 Å². The Hall–Kier alpha value is -4.61. The minimum Gasteiger partial charge on any atom is -0.322 e. The maximum Gasteiger partial charge on any atom is 0.270 e. The predicted molar refractivity (Wildman–Crippen MR) is 160 cm³/mol. The van der Waals surface area contributed by atoms with Crippen LogP contribution in [0.4, 0.5) is 16.4 Å². The number of nitro groups is 1. The second-order valence-corrected chi connectivity index (χ2v) is 12.5. The van der Waals surface area contributed by atoms with Crippen molar-refractivity contribution in [1.29, 1.82) is 0 Å². The van der Waals surface area contributed by atoms with Crippen molar-refractivity contribution in [1.82, 2.24) is 3.97 Å². The molecule has 0 spiro atoms. The number of benzene rings is 3. The number of amides is 1. The predicted octanol–water partition coefficient (Wildman–Crippen LogP) is 6.73. The molecule has 1 N–H and O–H groups in total. The summed E-state index contributed by atoms with van der Waals surface area (Å²) < 4.78 is 28.3. The summed E-state index contributed by atoms with van der Waals surface area (Å²) in [5.41, 5.74) is 2.91. The molecule has 1 amide bonds. The summed E-state index contributed by atoms with van der Waals surface area (Å²) in [6.45, 7) is 0. The molecule has 9 nitrogen and oxygen atoms in total. The normalized spacial score (nSPS) is 13.4. The Morgan fingerprint density at radius 1 is 1.00 bits per heavy atom. The quantitative estimate of drug-likeness (QED) is 0.129. The van der Waals surface area contributed by atoms with E-state index in [1.165, 1.54) is 35.7 Å². The molecule has 0 fully saturated rings. The third kappa shape index (κ3) is 5.05. The first-order valence-corrected chi connectivity index (χ1v) is 15.2. The molecule has 0 aliphatic heterocycles. The van der Waals surface area contributed by atoms with Crippen molar-refractivity contribution < 1.29 is 18.1 Å². The van der Waals surface area contributed by atoms with Gasteiger partial charge in [0.2, 0.25) is 0 Å². The maximum absolute atomic E-state index is 13.6. The lowest BCUT2D eigenvalue weighted by molar-refractivity contribution is -0.385. The van der Waals surface area contributed by atoms with Crippen LogP contribution >= 0.6 is 11.3 Å². The zero-order valence-corrected chi connectivity index (χ0v) is 23.3. The van der Waals surface area contributed by atoms with Crippen LogP contribution in [0.2, 0.25) is 0 Å². The number of aromatic nitrogens is 1. The fraction of sp³-hybridized carbons (Fsp3) is 0.133. The largest absolute Gasteiger partial charge is 0.322 e. The van der Waals surface area contributed by atoms with Crippen LogP contribution in [0.15, 0.2) is 94.9 Å². The number of anilines is 1. The van der Waals surface area contributed by atoms with Crippen LogP contribution in [0.25, 0.3) is 10.9 Å². The molecule has 11 heteroatoms. The van der Waals surface area contributed by atoms with Crippen molar-refractivity contribution in [2.24, 2.45) is 4.99 Å². The number of para-hydroxylation sites is 2. The van der Waals surface area contributed by atoms with Crippen molar-refractivity contribution >= 4 is 60.8 Å². The molecule has 2 heterocycles. The van der Waals surface area contributed by atoms with E-state index in [1.807, 2.05) is 30.3 Å². The van der Waals surface area contributed by atoms with Gasteiger partial charge in [0, 0.05) is 46.1 Å². The lowest BCUT2D eigenvalue weighted by Crippen LogP contribution is -2.14. The molecule has 206 valence electrons. The van der Waals surface area contributed by atoms with Crippen LogP contribution in [0.3, 0.4) is 0 Å². The number of carbonyl (C=O) groups excluding carboxylic acids is 1. The zero-order valence-electron chi connectivity index (χ0n) is 21.7. The van der Waals surface area contributed by atoms with Crippen molar-refractivity contribution in [3.8, 4) is 0 Å². The molecule has 2 aromatic heterocycles. The third-order valence-corrected chi connectivity index (χ3v) is 9.90. The van der Waals surface area contributed by atoms with Crippen LogP contribution in [0.5, 0.6) is 0 Å². The Bertz CT molecular complexity index is 1940. The summed E-state index contributed by atoms with van der Waals surface area (Å²) in [7, 11) is -4.15. The van der Waals surface area contributed by atoms with Crippen molar-refractivity contribution in [2.45, 2.75) is 30.6 Å². The van der Waals surface area contributed by atoms with Crippen LogP contribution in [-0.4, -0.2) is 29.4 Å². The smallest absolute Gasteiger partial charge is 0.270 e. The van der Waals surface area contributed by atoms with Gasteiger partial charge in [0.25, 0.3) is 21.6 Å². The van der Waals surface area contributed by atoms with E-state index in [2.05, 4.69) is 5.32 Å². The maximum atomic E-state index is 13.6. The Morgan fingerprint density at radius 2 is 1.76 bits per heavy atom. The highest BCUT2D eigenvalue weighted by Gasteiger charge is 2.26. The van der Waals surface area contributed by atoms with Gasteiger partial charge in [-0.05, 0) is 55.5 Å². The first-order valence-electron chi connectivity index (χ1n) is 13.0. The van der Waals surface area contributed by atoms with Gasteiger partial charge in [0.05, 0.1) is 20.9 Å². The number of nitrogens with one attached hydrogen (secondary N) is 1. The molecule has 3 aromatic carbocycles. The van der Waals surface area contributed by atoms with E-state index in [-0.39, 0.29) is 16.5 Å². The van der Waals surface area contributed by atoms with E-state index < -0.39 is 14.9 Å². The summed E-state index contributed by atoms with van der Waals surface area (Å²) in [4.78, 5) is 29.8. The molecule has 1 aliphatic rings. The average molecular weight is 585 g/mol. The van der Waals surface area contributed by atoms with Gasteiger partial charge in [0.15, 0.2) is 0 Å². The highest BCUT2D eigenvalue weighted by Crippen LogP contribution is 2.40. The number of aryl methyl sites for hydroxylation is 1. The van der Waals surface area contributed by atoms with Gasteiger partial charge in [0.1, 0.15) is 5.00 Å². The number of fused-ring (bicyclic) bond motifs is 2. The van der Waals surface area contributed by atoms with Crippen LogP contribution in [-0.2, 0) is 22.9 Å². The number of hydrogen-bond donors (Lipinski definition) is 1. The van der Waals surface area contributed by atoms with Gasteiger partial charge in [-0.3, -0.25) is 14.9 Å². The molecule has 0 atom stereocenters. The molecule has 0 radical (unpaired) electrons. The van der Waals surface area contributed by atoms with Crippen molar-refractivity contribution in [3.63, 3.8) is 0 Å². The summed E-state index contributed by atoms with van der Waals surface area (Å²) in [5, 5.41) is 15.5. The van der Waals surface area contributed by atoms with Crippen molar-refractivity contribution in [2.75, 3.05) is 5.32 Å². The van der Waals surface area contributed by atoms with Crippen LogP contribution < -0.4 is 5.32 Å². The zero-order chi connectivity index (χ0) is 28.6. The van der Waals surface area contributed by atoms with Crippen molar-refractivity contribution in [3.05, 3.63) is 117 Å². The molecule has 0 unspecified atom stereocenters. The molecule has 0 saturated carbocycles. The number of hydrogen-bond acceptors (Lipinski definition) is 7. The lowest BCUT2D eigenvalue weighted by atomic mass is 9.95. The standard InChI is InChI=1S/C30H24N4O5S2/c35-29(32-21-9-2-1-3-10-21)28-25-14-5-7-16-27(25)40-30(28)31-18-20-19-33(26-15-6-4-13-24(20)26)41(38,39)23-12-8-11-22(17-23)34(36)37/h1-4,6,8-13,15,17-19H,5,7,14,16H2,(H,32,35). The average Bonchev–Trinajstić information content (AvgIpc) is 3.55. The summed E-state index contributed by atoms with van der Waals surface area (Å²) in [6.07, 6.45) is 6.79. The number of aliphatic imine (C=N–C) groups is 1. The molecule has 41 heavy (non-hydrogen) atoms. The monoisotopic (exact) mass is 584 g/mol. The molecular weight excluding hydrogens is 560 g/mol. The summed E-state index contributed by atoms with van der Waals surface area (Å²) in [6, 6.07) is 21.2. The van der Waals surface area contributed by atoms with Gasteiger partial charge in [-0.15, -0.1) is 11.3 Å². The Labute approximate surface area is 240 Å².